The maximum Gasteiger partial charge on any atom is 0.358 e. The van der Waals surface area contributed by atoms with Crippen molar-refractivity contribution in [3.05, 3.63) is 23.5 Å². The third-order valence-electron chi connectivity index (χ3n) is 6.09. The molecular weight excluding hydrogens is 330 g/mol. The summed E-state index contributed by atoms with van der Waals surface area (Å²) in [7, 11) is 0. The van der Waals surface area contributed by atoms with Gasteiger partial charge in [0, 0.05) is 17.8 Å². The second-order valence-electron chi connectivity index (χ2n) is 7.81. The largest absolute Gasteiger partial charge is 0.493 e. The fraction of sp³-hybridized carbons (Fsp3) is 0.650. The monoisotopic (exact) mass is 357 g/mol. The average Bonchev–Trinajstić information content (AvgIpc) is 3.07. The number of nitrogens with zero attached hydrogens (tertiary/aromatic N) is 3. The molecule has 0 aromatic carbocycles. The first kappa shape index (κ1) is 17.3. The number of esters is 1. The van der Waals surface area contributed by atoms with Gasteiger partial charge in [-0.2, -0.15) is 9.61 Å². The Morgan fingerprint density at radius 1 is 1.23 bits per heavy atom. The number of hydrogen-bond donors (Lipinski definition) is 1. The highest BCUT2D eigenvalue weighted by atomic mass is 16.5. The van der Waals surface area contributed by atoms with Crippen LogP contribution in [0.25, 0.3) is 5.65 Å². The molecule has 2 fully saturated rings. The number of carbonyl (C=O) groups is 1. The van der Waals surface area contributed by atoms with E-state index < -0.39 is 5.97 Å². The molecule has 0 bridgehead atoms. The molecule has 2 aliphatic rings. The van der Waals surface area contributed by atoms with Crippen LogP contribution >= 0.6 is 0 Å². The van der Waals surface area contributed by atoms with Gasteiger partial charge in [-0.05, 0) is 50.4 Å². The summed E-state index contributed by atoms with van der Waals surface area (Å²) in [5, 5.41) is 14.4. The molecule has 2 aliphatic carbocycles. The molecule has 0 spiro atoms. The maximum atomic E-state index is 11.9. The number of aromatic nitrogens is 3. The van der Waals surface area contributed by atoms with Crippen molar-refractivity contribution in [1.82, 2.24) is 14.6 Å². The van der Waals surface area contributed by atoms with E-state index >= 15 is 0 Å². The van der Waals surface area contributed by atoms with E-state index in [0.717, 1.165) is 24.0 Å². The molecule has 3 unspecified atom stereocenters. The minimum atomic E-state index is -0.491. The van der Waals surface area contributed by atoms with Crippen molar-refractivity contribution >= 4 is 11.6 Å². The third-order valence-corrected chi connectivity index (χ3v) is 6.09. The molecule has 1 N–H and O–H groups in total. The Hall–Kier alpha value is -2.11. The van der Waals surface area contributed by atoms with Gasteiger partial charge in [-0.3, -0.25) is 0 Å². The van der Waals surface area contributed by atoms with Gasteiger partial charge >= 0.3 is 5.97 Å². The fourth-order valence-electron chi connectivity index (χ4n) is 4.87. The van der Waals surface area contributed by atoms with Crippen LogP contribution in [0.5, 0.6) is 5.88 Å². The fourth-order valence-corrected chi connectivity index (χ4v) is 4.87. The van der Waals surface area contributed by atoms with Crippen molar-refractivity contribution in [1.29, 1.82) is 0 Å². The predicted molar refractivity (Wildman–Crippen MR) is 97.1 cm³/mol. The van der Waals surface area contributed by atoms with E-state index in [1.54, 1.807) is 19.1 Å². The summed E-state index contributed by atoms with van der Waals surface area (Å²) in [5.74, 6) is 1.98. The van der Waals surface area contributed by atoms with Crippen LogP contribution in [0.2, 0.25) is 0 Å². The molecule has 3 atom stereocenters. The Kier molecular flexibility index (Phi) is 4.83. The van der Waals surface area contributed by atoms with Crippen LogP contribution in [0.15, 0.2) is 12.1 Å². The predicted octanol–water partition coefficient (Wildman–Crippen LogP) is 3.76. The van der Waals surface area contributed by atoms with E-state index in [-0.39, 0.29) is 11.6 Å². The normalized spacial score (nSPS) is 25.8. The van der Waals surface area contributed by atoms with Gasteiger partial charge in [-0.1, -0.05) is 25.7 Å². The lowest BCUT2D eigenvalue weighted by Crippen LogP contribution is -2.28. The molecule has 140 valence electrons. The van der Waals surface area contributed by atoms with Gasteiger partial charge in [0.1, 0.15) is 0 Å². The van der Waals surface area contributed by atoms with E-state index in [0.29, 0.717) is 18.2 Å². The molecule has 6 nitrogen and oxygen atoms in total. The quantitative estimate of drug-likeness (QED) is 0.843. The van der Waals surface area contributed by atoms with Gasteiger partial charge in [-0.15, -0.1) is 0 Å². The third kappa shape index (κ3) is 3.41. The zero-order valence-electron chi connectivity index (χ0n) is 15.4. The average molecular weight is 357 g/mol. The first-order chi connectivity index (χ1) is 12.6. The highest BCUT2D eigenvalue weighted by Crippen LogP contribution is 2.43. The van der Waals surface area contributed by atoms with Gasteiger partial charge in [0.05, 0.1) is 6.61 Å². The Morgan fingerprint density at radius 2 is 2.04 bits per heavy atom. The Balaban J connectivity index is 1.50. The van der Waals surface area contributed by atoms with Crippen molar-refractivity contribution < 1.29 is 14.6 Å². The summed E-state index contributed by atoms with van der Waals surface area (Å²) in [6.07, 6.45) is 10.3. The van der Waals surface area contributed by atoms with E-state index in [2.05, 4.69) is 10.1 Å². The molecule has 2 aromatic heterocycles. The molecule has 0 saturated heterocycles. The van der Waals surface area contributed by atoms with Crippen molar-refractivity contribution in [2.75, 3.05) is 6.61 Å². The number of carbonyl (C=O) groups excluding carboxylic acids is 1. The molecular formula is C20H27N3O3. The van der Waals surface area contributed by atoms with E-state index in [9.17, 15) is 9.90 Å². The summed E-state index contributed by atoms with van der Waals surface area (Å²) in [4.78, 5) is 16.5. The molecule has 6 heteroatoms. The first-order valence-electron chi connectivity index (χ1n) is 9.89. The summed E-state index contributed by atoms with van der Waals surface area (Å²) in [5.41, 5.74) is 1.55. The van der Waals surface area contributed by atoms with Crippen LogP contribution in [-0.2, 0) is 11.2 Å². The van der Waals surface area contributed by atoms with Crippen LogP contribution in [-0.4, -0.2) is 32.3 Å². The minimum absolute atomic E-state index is 0.0203. The summed E-state index contributed by atoms with van der Waals surface area (Å²) in [6.45, 7) is 2.05. The van der Waals surface area contributed by atoms with Crippen LogP contribution < -0.4 is 0 Å². The van der Waals surface area contributed by atoms with Crippen LogP contribution in [0.3, 0.4) is 0 Å². The summed E-state index contributed by atoms with van der Waals surface area (Å²) < 4.78 is 6.27. The van der Waals surface area contributed by atoms with Crippen molar-refractivity contribution in [3.63, 3.8) is 0 Å². The Bertz CT molecular complexity index is 801. The standard InChI is InChI=1S/C20H27N3O3/c1-2-26-20(25)17-12-18-21-16(11-19(24)23(18)22-17)10-13-7-8-14-5-3-4-6-15(14)9-13/h11-15,24H,2-10H2,1H3. The Morgan fingerprint density at radius 3 is 2.85 bits per heavy atom. The van der Waals surface area contributed by atoms with Gasteiger partial charge < -0.3 is 9.84 Å². The topological polar surface area (TPSA) is 76.7 Å². The molecule has 26 heavy (non-hydrogen) atoms. The van der Waals surface area contributed by atoms with E-state index in [1.807, 2.05) is 0 Å². The summed E-state index contributed by atoms with van der Waals surface area (Å²) in [6, 6.07) is 3.27. The lowest BCUT2D eigenvalue weighted by atomic mass is 9.67. The molecule has 0 amide bonds. The van der Waals surface area contributed by atoms with Gasteiger partial charge in [0.2, 0.25) is 5.88 Å². The van der Waals surface area contributed by atoms with Crippen LogP contribution in [0.4, 0.5) is 0 Å². The second-order valence-corrected chi connectivity index (χ2v) is 7.81. The van der Waals surface area contributed by atoms with Crippen molar-refractivity contribution in [2.45, 2.75) is 58.3 Å². The lowest BCUT2D eigenvalue weighted by molar-refractivity contribution is 0.0519. The zero-order valence-corrected chi connectivity index (χ0v) is 15.4. The zero-order chi connectivity index (χ0) is 18.1. The second kappa shape index (κ2) is 7.25. The number of ether oxygens (including phenoxy) is 1. The van der Waals surface area contributed by atoms with Crippen molar-refractivity contribution in [2.24, 2.45) is 17.8 Å². The van der Waals surface area contributed by atoms with Crippen LogP contribution in [0, 0.1) is 17.8 Å². The Labute approximate surface area is 153 Å². The van der Waals surface area contributed by atoms with Crippen molar-refractivity contribution in [3.8, 4) is 5.88 Å². The lowest BCUT2D eigenvalue weighted by Gasteiger charge is -2.39. The molecule has 2 saturated carbocycles. The molecule has 0 aliphatic heterocycles. The molecule has 0 radical (unpaired) electrons. The first-order valence-corrected chi connectivity index (χ1v) is 9.89. The van der Waals surface area contributed by atoms with E-state index in [1.165, 1.54) is 49.5 Å². The number of hydrogen-bond acceptors (Lipinski definition) is 5. The van der Waals surface area contributed by atoms with Gasteiger partial charge in [-0.25, -0.2) is 9.78 Å². The highest BCUT2D eigenvalue weighted by molar-refractivity contribution is 5.88. The van der Waals surface area contributed by atoms with Crippen LogP contribution in [0.1, 0.15) is 68.1 Å². The number of aromatic hydroxyl groups is 1. The smallest absolute Gasteiger partial charge is 0.358 e. The maximum absolute atomic E-state index is 11.9. The highest BCUT2D eigenvalue weighted by Gasteiger charge is 2.32. The number of rotatable bonds is 4. The summed E-state index contributed by atoms with van der Waals surface area (Å²) >= 11 is 0. The van der Waals surface area contributed by atoms with Gasteiger partial charge in [0.15, 0.2) is 11.3 Å². The number of fused-ring (bicyclic) bond motifs is 2. The van der Waals surface area contributed by atoms with E-state index in [4.69, 9.17) is 4.74 Å². The molecule has 4 rings (SSSR count). The SMILES string of the molecule is CCOC(=O)c1cc2nc(CC3CCC4CCCCC4C3)cc(O)n2n1. The van der Waals surface area contributed by atoms with Gasteiger partial charge in [0.25, 0.3) is 0 Å². The molecule has 2 heterocycles. The minimum Gasteiger partial charge on any atom is -0.493 e. The molecule has 2 aromatic rings.